The first kappa shape index (κ1) is 22.1. The molecule has 0 bridgehead atoms. The van der Waals surface area contributed by atoms with Crippen molar-refractivity contribution in [3.05, 3.63) is 28.8 Å². The summed E-state index contributed by atoms with van der Waals surface area (Å²) >= 11 is 0. The number of hydrogen-bond donors (Lipinski definition) is 0. The van der Waals surface area contributed by atoms with E-state index < -0.39 is 10.0 Å². The van der Waals surface area contributed by atoms with Crippen molar-refractivity contribution < 1.29 is 8.42 Å². The van der Waals surface area contributed by atoms with E-state index in [1.165, 1.54) is 0 Å². The van der Waals surface area contributed by atoms with Crippen LogP contribution in [0.1, 0.15) is 29.5 Å². The van der Waals surface area contributed by atoms with Crippen LogP contribution in [0.2, 0.25) is 0 Å². The molecule has 0 aliphatic carbocycles. The van der Waals surface area contributed by atoms with Gasteiger partial charge in [0.15, 0.2) is 0 Å². The first-order valence-electron chi connectivity index (χ1n) is 8.93. The highest BCUT2D eigenvalue weighted by Crippen LogP contribution is 2.25. The molecular formula is C19H35N3O2S. The molecule has 25 heavy (non-hydrogen) atoms. The molecule has 0 amide bonds. The maximum atomic E-state index is 13.3. The summed E-state index contributed by atoms with van der Waals surface area (Å²) in [6, 6.07) is 3.91. The quantitative estimate of drug-likeness (QED) is 0.636. The van der Waals surface area contributed by atoms with Gasteiger partial charge in [0.2, 0.25) is 10.0 Å². The lowest BCUT2D eigenvalue weighted by atomic mass is 10.1. The lowest BCUT2D eigenvalue weighted by Crippen LogP contribution is -2.36. The van der Waals surface area contributed by atoms with Gasteiger partial charge in [-0.2, -0.15) is 4.31 Å². The number of hydrogen-bond acceptors (Lipinski definition) is 4. The van der Waals surface area contributed by atoms with Gasteiger partial charge in [0.1, 0.15) is 0 Å². The Morgan fingerprint density at radius 1 is 0.760 bits per heavy atom. The minimum atomic E-state index is -3.48. The number of nitrogens with zero attached hydrogens (tertiary/aromatic N) is 3. The summed E-state index contributed by atoms with van der Waals surface area (Å²) in [5, 5.41) is 0. The Morgan fingerprint density at radius 3 is 1.52 bits per heavy atom. The predicted octanol–water partition coefficient (Wildman–Crippen LogP) is 2.51. The van der Waals surface area contributed by atoms with E-state index >= 15 is 0 Å². The zero-order valence-electron chi connectivity index (χ0n) is 17.0. The second-order valence-electron chi connectivity index (χ2n) is 7.45. The smallest absolute Gasteiger partial charge is 0.243 e. The molecule has 5 nitrogen and oxygen atoms in total. The summed E-state index contributed by atoms with van der Waals surface area (Å²) in [7, 11) is 4.57. The standard InChI is InChI=1S/C19H35N3O2S/c1-16-14-17(2)19(18(3)15-16)25(23,24)22(12-8-10-20(4)5)13-9-11-21(6)7/h14-15H,8-13H2,1-7H3. The van der Waals surface area contributed by atoms with Crippen molar-refractivity contribution in [2.45, 2.75) is 38.5 Å². The SMILES string of the molecule is Cc1cc(C)c(S(=O)(=O)N(CCCN(C)C)CCCN(C)C)c(C)c1. The van der Waals surface area contributed by atoms with Crippen LogP contribution in [0.5, 0.6) is 0 Å². The molecule has 0 atom stereocenters. The molecule has 144 valence electrons. The molecule has 0 radical (unpaired) electrons. The number of rotatable bonds is 10. The third-order valence-corrected chi connectivity index (χ3v) is 6.43. The highest BCUT2D eigenvalue weighted by Gasteiger charge is 2.27. The third kappa shape index (κ3) is 6.70. The van der Waals surface area contributed by atoms with E-state index in [1.807, 2.05) is 61.1 Å². The summed E-state index contributed by atoms with van der Waals surface area (Å²) in [5.41, 5.74) is 2.77. The Kier molecular flexibility index (Phi) is 8.54. The van der Waals surface area contributed by atoms with Gasteiger partial charge in [-0.05, 0) is 86.0 Å². The van der Waals surface area contributed by atoms with Crippen molar-refractivity contribution in [2.75, 3.05) is 54.4 Å². The topological polar surface area (TPSA) is 43.9 Å². The first-order chi connectivity index (χ1) is 11.6. The van der Waals surface area contributed by atoms with Crippen molar-refractivity contribution in [1.82, 2.24) is 14.1 Å². The lowest BCUT2D eigenvalue weighted by Gasteiger charge is -2.25. The van der Waals surface area contributed by atoms with Crippen LogP contribution in [-0.4, -0.2) is 76.9 Å². The molecule has 0 saturated heterocycles. The molecule has 0 aliphatic heterocycles. The van der Waals surface area contributed by atoms with Crippen molar-refractivity contribution >= 4 is 10.0 Å². The third-order valence-electron chi connectivity index (χ3n) is 4.23. The predicted molar refractivity (Wildman–Crippen MR) is 106 cm³/mol. The minimum absolute atomic E-state index is 0.479. The van der Waals surface area contributed by atoms with Crippen molar-refractivity contribution in [3.8, 4) is 0 Å². The molecular weight excluding hydrogens is 334 g/mol. The molecule has 0 aromatic heterocycles. The molecule has 0 aliphatic rings. The fourth-order valence-corrected chi connectivity index (χ4v) is 5.11. The van der Waals surface area contributed by atoms with Crippen LogP contribution in [0.25, 0.3) is 0 Å². The Hall–Kier alpha value is -0.950. The van der Waals surface area contributed by atoms with Crippen LogP contribution in [0, 0.1) is 20.8 Å². The Bertz CT molecular complexity index is 618. The van der Waals surface area contributed by atoms with Gasteiger partial charge in [-0.1, -0.05) is 17.7 Å². The van der Waals surface area contributed by atoms with E-state index in [4.69, 9.17) is 0 Å². The van der Waals surface area contributed by atoms with Gasteiger partial charge in [0, 0.05) is 13.1 Å². The maximum absolute atomic E-state index is 13.3. The zero-order valence-corrected chi connectivity index (χ0v) is 17.8. The normalized spacial score (nSPS) is 12.6. The molecule has 0 saturated carbocycles. The van der Waals surface area contributed by atoms with E-state index in [0.717, 1.165) is 42.6 Å². The molecule has 1 aromatic carbocycles. The van der Waals surface area contributed by atoms with E-state index in [0.29, 0.717) is 18.0 Å². The number of sulfonamides is 1. The summed E-state index contributed by atoms with van der Waals surface area (Å²) in [6.45, 7) is 8.66. The minimum Gasteiger partial charge on any atom is -0.309 e. The van der Waals surface area contributed by atoms with E-state index in [2.05, 4.69) is 9.80 Å². The van der Waals surface area contributed by atoms with Crippen molar-refractivity contribution in [3.63, 3.8) is 0 Å². The highest BCUT2D eigenvalue weighted by molar-refractivity contribution is 7.89. The average molecular weight is 370 g/mol. The second-order valence-corrected chi connectivity index (χ2v) is 9.32. The number of benzene rings is 1. The summed E-state index contributed by atoms with van der Waals surface area (Å²) < 4.78 is 28.3. The van der Waals surface area contributed by atoms with Crippen LogP contribution in [0.15, 0.2) is 17.0 Å². The van der Waals surface area contributed by atoms with Gasteiger partial charge in [-0.25, -0.2) is 8.42 Å². The van der Waals surface area contributed by atoms with Crippen LogP contribution in [0.4, 0.5) is 0 Å². The van der Waals surface area contributed by atoms with Gasteiger partial charge in [0.05, 0.1) is 4.90 Å². The zero-order chi connectivity index (χ0) is 19.2. The van der Waals surface area contributed by atoms with Crippen molar-refractivity contribution in [1.29, 1.82) is 0 Å². The molecule has 1 aromatic rings. The highest BCUT2D eigenvalue weighted by atomic mass is 32.2. The molecule has 0 heterocycles. The van der Waals surface area contributed by atoms with E-state index in [1.54, 1.807) is 4.31 Å². The van der Waals surface area contributed by atoms with E-state index in [9.17, 15) is 8.42 Å². The van der Waals surface area contributed by atoms with Crippen LogP contribution >= 0.6 is 0 Å². The summed E-state index contributed by atoms with van der Waals surface area (Å²) in [6.07, 6.45) is 1.66. The number of aryl methyl sites for hydroxylation is 3. The van der Waals surface area contributed by atoms with Gasteiger partial charge >= 0.3 is 0 Å². The van der Waals surface area contributed by atoms with Crippen LogP contribution in [0.3, 0.4) is 0 Å². The molecule has 6 heteroatoms. The van der Waals surface area contributed by atoms with Gasteiger partial charge in [-0.3, -0.25) is 0 Å². The van der Waals surface area contributed by atoms with Gasteiger partial charge in [0.25, 0.3) is 0 Å². The molecule has 0 unspecified atom stereocenters. The summed E-state index contributed by atoms with van der Waals surface area (Å²) in [4.78, 5) is 4.66. The maximum Gasteiger partial charge on any atom is 0.243 e. The molecule has 1 rings (SSSR count). The Labute approximate surface area is 154 Å². The largest absolute Gasteiger partial charge is 0.309 e. The monoisotopic (exact) mass is 369 g/mol. The molecule has 0 N–H and O–H groups in total. The Balaban J connectivity index is 3.08. The summed E-state index contributed by atoms with van der Waals surface area (Å²) in [5.74, 6) is 0. The van der Waals surface area contributed by atoms with Crippen LogP contribution < -0.4 is 0 Å². The molecule has 0 fully saturated rings. The molecule has 0 spiro atoms. The van der Waals surface area contributed by atoms with Gasteiger partial charge in [-0.15, -0.1) is 0 Å². The fraction of sp³-hybridized carbons (Fsp3) is 0.684. The Morgan fingerprint density at radius 2 is 1.16 bits per heavy atom. The van der Waals surface area contributed by atoms with Crippen molar-refractivity contribution in [2.24, 2.45) is 0 Å². The van der Waals surface area contributed by atoms with Crippen LogP contribution in [-0.2, 0) is 10.0 Å². The van der Waals surface area contributed by atoms with Gasteiger partial charge < -0.3 is 9.80 Å². The van der Waals surface area contributed by atoms with E-state index in [-0.39, 0.29) is 0 Å². The lowest BCUT2D eigenvalue weighted by molar-refractivity contribution is 0.326. The second kappa shape index (κ2) is 9.67. The fourth-order valence-electron chi connectivity index (χ4n) is 3.18. The average Bonchev–Trinajstić information content (AvgIpc) is 2.43. The first-order valence-corrected chi connectivity index (χ1v) is 10.4.